The van der Waals surface area contributed by atoms with Gasteiger partial charge in [-0.15, -0.1) is 0 Å². The molecule has 3 aliphatic rings. The largest absolute Gasteiger partial charge is 0.340 e. The van der Waals surface area contributed by atoms with Gasteiger partial charge in [-0.05, 0) is 88.0 Å². The lowest BCUT2D eigenvalue weighted by atomic mass is 9.93. The summed E-state index contributed by atoms with van der Waals surface area (Å²) >= 11 is 9.98. The zero-order chi connectivity index (χ0) is 29.3. The van der Waals surface area contributed by atoms with E-state index >= 15 is 0 Å². The Morgan fingerprint density at radius 1 is 0.929 bits per heavy atom. The number of hydrogen-bond donors (Lipinski definition) is 0. The zero-order valence-corrected chi connectivity index (χ0v) is 26.7. The van der Waals surface area contributed by atoms with Gasteiger partial charge in [-0.3, -0.25) is 14.7 Å². The molecule has 0 spiro atoms. The van der Waals surface area contributed by atoms with Crippen LogP contribution in [0.15, 0.2) is 65.3 Å². The summed E-state index contributed by atoms with van der Waals surface area (Å²) in [6.07, 6.45) is 5.64. The molecule has 7 nitrogen and oxygen atoms in total. The number of amides is 1. The van der Waals surface area contributed by atoms with E-state index in [0.717, 1.165) is 59.5 Å². The van der Waals surface area contributed by atoms with E-state index in [1.807, 2.05) is 47.5 Å². The first-order chi connectivity index (χ1) is 20.3. The average Bonchev–Trinajstić information content (AvgIpc) is 3.14. The molecule has 3 aromatic rings. The lowest BCUT2D eigenvalue weighted by Crippen LogP contribution is -2.50. The molecule has 2 fully saturated rings. The van der Waals surface area contributed by atoms with Gasteiger partial charge < -0.3 is 4.90 Å². The molecule has 0 saturated carbocycles. The van der Waals surface area contributed by atoms with Crippen molar-refractivity contribution in [1.82, 2.24) is 19.1 Å². The standard InChI is InChI=1S/C32H36BrClN4O3S/c33-27-19-26-7-6-25-20-28(34)8-9-29(25)32(31(26)35-21-27)37-16-14-36(15-17-37)30(39)18-23-10-12-38(13-11-23)42(40,41)22-24-4-2-1-3-5-24/h1-5,8-9,19-21,23,32H,6-7,10-18,22H2/t32-/m1/s1. The Hall–Kier alpha value is -2.30. The summed E-state index contributed by atoms with van der Waals surface area (Å²) in [7, 11) is -3.36. The van der Waals surface area contributed by atoms with Crippen LogP contribution >= 0.6 is 27.5 Å². The minimum Gasteiger partial charge on any atom is -0.340 e. The summed E-state index contributed by atoms with van der Waals surface area (Å²) in [5.41, 5.74) is 5.65. The first-order valence-corrected chi connectivity index (χ1v) is 17.5. The zero-order valence-electron chi connectivity index (χ0n) is 23.6. The van der Waals surface area contributed by atoms with Crippen molar-refractivity contribution in [3.8, 4) is 0 Å². The fraction of sp³-hybridized carbons (Fsp3) is 0.438. The Morgan fingerprint density at radius 2 is 1.64 bits per heavy atom. The van der Waals surface area contributed by atoms with Crippen LogP contribution in [-0.2, 0) is 33.4 Å². The Balaban J connectivity index is 1.06. The number of pyridine rings is 1. The van der Waals surface area contributed by atoms with Crippen molar-refractivity contribution < 1.29 is 13.2 Å². The van der Waals surface area contributed by atoms with Crippen LogP contribution < -0.4 is 0 Å². The van der Waals surface area contributed by atoms with Crippen molar-refractivity contribution in [3.63, 3.8) is 0 Å². The molecule has 2 aliphatic heterocycles. The van der Waals surface area contributed by atoms with Gasteiger partial charge in [0.1, 0.15) is 0 Å². The molecular formula is C32H36BrClN4O3S. The van der Waals surface area contributed by atoms with Crippen molar-refractivity contribution >= 4 is 43.5 Å². The summed E-state index contributed by atoms with van der Waals surface area (Å²) < 4.78 is 28.5. The molecule has 2 saturated heterocycles. The Kier molecular flexibility index (Phi) is 9.03. The molecule has 42 heavy (non-hydrogen) atoms. The molecule has 3 heterocycles. The number of sulfonamides is 1. The number of halogens is 2. The summed E-state index contributed by atoms with van der Waals surface area (Å²) in [5.74, 6) is 0.416. The molecular weight excluding hydrogens is 636 g/mol. The first kappa shape index (κ1) is 29.8. The van der Waals surface area contributed by atoms with Crippen molar-refractivity contribution in [2.45, 2.75) is 43.9 Å². The van der Waals surface area contributed by atoms with Gasteiger partial charge in [0.2, 0.25) is 15.9 Å². The van der Waals surface area contributed by atoms with Crippen LogP contribution in [-0.4, -0.2) is 72.7 Å². The van der Waals surface area contributed by atoms with Gasteiger partial charge in [-0.25, -0.2) is 12.7 Å². The SMILES string of the molecule is O=C(CC1CCN(S(=O)(=O)Cc2ccccc2)CC1)N1CCN([C@@H]2c3ccc(Cl)cc3CCc3cc(Br)cnc32)CC1. The highest BCUT2D eigenvalue weighted by Gasteiger charge is 2.35. The van der Waals surface area contributed by atoms with E-state index < -0.39 is 10.0 Å². The number of hydrogen-bond acceptors (Lipinski definition) is 5. The molecule has 1 atom stereocenters. The summed E-state index contributed by atoms with van der Waals surface area (Å²) in [6, 6.07) is 17.7. The lowest BCUT2D eigenvalue weighted by molar-refractivity contribution is -0.134. The summed E-state index contributed by atoms with van der Waals surface area (Å²) in [6.45, 7) is 3.85. The molecule has 2 aromatic carbocycles. The number of piperazine rings is 1. The van der Waals surface area contributed by atoms with Crippen molar-refractivity contribution in [2.24, 2.45) is 5.92 Å². The highest BCUT2D eigenvalue weighted by Crippen LogP contribution is 2.38. The van der Waals surface area contributed by atoms with Crippen LogP contribution in [0.3, 0.4) is 0 Å². The van der Waals surface area contributed by atoms with Crippen molar-refractivity contribution in [1.29, 1.82) is 0 Å². The van der Waals surface area contributed by atoms with Gasteiger partial charge in [0, 0.05) is 61.4 Å². The fourth-order valence-electron chi connectivity index (χ4n) is 6.66. The Labute approximate surface area is 262 Å². The normalized spacial score (nSPS) is 20.5. The fourth-order valence-corrected chi connectivity index (χ4v) is 8.79. The minimum absolute atomic E-state index is 0.0253. The van der Waals surface area contributed by atoms with E-state index in [1.165, 1.54) is 16.7 Å². The van der Waals surface area contributed by atoms with Gasteiger partial charge in [0.15, 0.2) is 0 Å². The summed E-state index contributed by atoms with van der Waals surface area (Å²) in [4.78, 5) is 22.7. The molecule has 0 unspecified atom stereocenters. The van der Waals surface area contributed by atoms with Gasteiger partial charge >= 0.3 is 0 Å². The first-order valence-electron chi connectivity index (χ1n) is 14.7. The molecule has 222 valence electrons. The number of fused-ring (bicyclic) bond motifs is 2. The molecule has 0 bridgehead atoms. The second kappa shape index (κ2) is 12.7. The van der Waals surface area contributed by atoms with E-state index in [1.54, 1.807) is 4.31 Å². The third-order valence-corrected chi connectivity index (χ3v) is 11.5. The maximum Gasteiger partial charge on any atom is 0.222 e. The molecule has 0 radical (unpaired) electrons. The summed E-state index contributed by atoms with van der Waals surface area (Å²) in [5, 5.41) is 0.752. The van der Waals surface area contributed by atoms with E-state index in [-0.39, 0.29) is 23.6 Å². The molecule has 1 amide bonds. The number of benzene rings is 2. The molecule has 1 aliphatic carbocycles. The van der Waals surface area contributed by atoms with Crippen LogP contribution in [0, 0.1) is 5.92 Å². The van der Waals surface area contributed by atoms with Gasteiger partial charge in [-0.2, -0.15) is 0 Å². The quantitative estimate of drug-likeness (QED) is 0.348. The third-order valence-electron chi connectivity index (χ3n) is 8.94. The number of carbonyl (C=O) groups is 1. The average molecular weight is 672 g/mol. The highest BCUT2D eigenvalue weighted by molar-refractivity contribution is 9.10. The van der Waals surface area contributed by atoms with Crippen LogP contribution in [0.2, 0.25) is 5.02 Å². The van der Waals surface area contributed by atoms with Crippen LogP contribution in [0.25, 0.3) is 0 Å². The van der Waals surface area contributed by atoms with Gasteiger partial charge in [0.05, 0.1) is 17.5 Å². The number of piperidine rings is 1. The number of nitrogens with zero attached hydrogens (tertiary/aromatic N) is 4. The second-order valence-electron chi connectivity index (χ2n) is 11.6. The minimum atomic E-state index is -3.36. The maximum absolute atomic E-state index is 13.3. The molecule has 6 rings (SSSR count). The predicted molar refractivity (Wildman–Crippen MR) is 169 cm³/mol. The monoisotopic (exact) mass is 670 g/mol. The van der Waals surface area contributed by atoms with Crippen LogP contribution in [0.1, 0.15) is 53.3 Å². The van der Waals surface area contributed by atoms with E-state index in [4.69, 9.17) is 16.6 Å². The number of aromatic nitrogens is 1. The van der Waals surface area contributed by atoms with E-state index in [9.17, 15) is 13.2 Å². The van der Waals surface area contributed by atoms with Crippen LogP contribution in [0.4, 0.5) is 0 Å². The highest BCUT2D eigenvalue weighted by atomic mass is 79.9. The number of carbonyl (C=O) groups excluding carboxylic acids is 1. The Bertz CT molecular complexity index is 1490. The van der Waals surface area contributed by atoms with Crippen molar-refractivity contribution in [2.75, 3.05) is 39.3 Å². The second-order valence-corrected chi connectivity index (χ2v) is 15.0. The number of rotatable bonds is 6. The van der Waals surface area contributed by atoms with Gasteiger partial charge in [-0.1, -0.05) is 48.0 Å². The molecule has 0 N–H and O–H groups in total. The van der Waals surface area contributed by atoms with Crippen LogP contribution in [0.5, 0.6) is 0 Å². The smallest absolute Gasteiger partial charge is 0.222 e. The van der Waals surface area contributed by atoms with E-state index in [0.29, 0.717) is 32.6 Å². The van der Waals surface area contributed by atoms with Gasteiger partial charge in [0.25, 0.3) is 0 Å². The maximum atomic E-state index is 13.3. The topological polar surface area (TPSA) is 73.8 Å². The molecule has 1 aromatic heterocycles. The molecule has 10 heteroatoms. The lowest BCUT2D eigenvalue weighted by Gasteiger charge is -2.40. The Morgan fingerprint density at radius 3 is 2.38 bits per heavy atom. The predicted octanol–water partition coefficient (Wildman–Crippen LogP) is 5.46. The number of aryl methyl sites for hydroxylation is 2. The third kappa shape index (κ3) is 6.60. The van der Waals surface area contributed by atoms with Crippen molar-refractivity contribution in [3.05, 3.63) is 98.2 Å². The van der Waals surface area contributed by atoms with E-state index in [2.05, 4.69) is 39.0 Å².